The van der Waals surface area contributed by atoms with Crippen molar-refractivity contribution in [1.82, 2.24) is 4.98 Å². The van der Waals surface area contributed by atoms with Gasteiger partial charge in [0.15, 0.2) is 0 Å². The maximum absolute atomic E-state index is 9.92. The van der Waals surface area contributed by atoms with Gasteiger partial charge in [-0.3, -0.25) is 0 Å². The Kier molecular flexibility index (Phi) is 3.33. The summed E-state index contributed by atoms with van der Waals surface area (Å²) in [6.45, 7) is 1.95. The smallest absolute Gasteiger partial charge is 0.120 e. The maximum Gasteiger partial charge on any atom is 0.120 e. The van der Waals surface area contributed by atoms with Crippen molar-refractivity contribution < 1.29 is 9.84 Å². The molecule has 17 heavy (non-hydrogen) atoms. The van der Waals surface area contributed by atoms with Crippen LogP contribution in [0.3, 0.4) is 0 Å². The largest absolute Gasteiger partial charge is 0.497 e. The Balaban J connectivity index is 2.31. The van der Waals surface area contributed by atoms with Gasteiger partial charge in [-0.1, -0.05) is 0 Å². The van der Waals surface area contributed by atoms with Gasteiger partial charge >= 0.3 is 0 Å². The molecule has 92 valence electrons. The molecule has 0 radical (unpaired) electrons. The molecule has 1 heterocycles. The number of rotatable bonds is 4. The normalized spacial score (nSPS) is 14.8. The molecule has 1 atom stereocenters. The van der Waals surface area contributed by atoms with Crippen LogP contribution in [0.4, 0.5) is 0 Å². The Bertz CT molecular complexity index is 522. The van der Waals surface area contributed by atoms with E-state index in [0.29, 0.717) is 6.42 Å². The summed E-state index contributed by atoms with van der Waals surface area (Å²) >= 11 is 1.56. The van der Waals surface area contributed by atoms with Crippen molar-refractivity contribution in [1.29, 1.82) is 0 Å². The Labute approximate surface area is 104 Å². The first kappa shape index (κ1) is 12.3. The molecule has 0 fully saturated rings. The third-order valence-electron chi connectivity index (χ3n) is 2.61. The SMILES string of the molecule is COc1ccc2nc(CC(C)(O)CN)sc2c1. The van der Waals surface area contributed by atoms with Gasteiger partial charge in [0.1, 0.15) is 5.75 Å². The minimum absolute atomic E-state index is 0.228. The minimum atomic E-state index is -0.891. The molecule has 1 aromatic carbocycles. The number of fused-ring (bicyclic) bond motifs is 1. The summed E-state index contributed by atoms with van der Waals surface area (Å²) in [6, 6.07) is 5.76. The van der Waals surface area contributed by atoms with Crippen LogP contribution in [0, 0.1) is 0 Å². The fourth-order valence-corrected chi connectivity index (χ4v) is 2.73. The van der Waals surface area contributed by atoms with Crippen LogP contribution in [0.25, 0.3) is 10.2 Å². The zero-order valence-corrected chi connectivity index (χ0v) is 10.8. The van der Waals surface area contributed by atoms with E-state index in [2.05, 4.69) is 4.98 Å². The molecule has 0 aliphatic heterocycles. The van der Waals surface area contributed by atoms with Gasteiger partial charge in [0.05, 0.1) is 27.9 Å². The highest BCUT2D eigenvalue weighted by Crippen LogP contribution is 2.28. The Morgan fingerprint density at radius 3 is 2.94 bits per heavy atom. The van der Waals surface area contributed by atoms with E-state index in [-0.39, 0.29) is 6.54 Å². The number of nitrogens with zero attached hydrogens (tertiary/aromatic N) is 1. The van der Waals surface area contributed by atoms with E-state index in [1.54, 1.807) is 25.4 Å². The first-order valence-corrected chi connectivity index (χ1v) is 6.21. The molecule has 0 saturated carbocycles. The predicted molar refractivity (Wildman–Crippen MR) is 69.6 cm³/mol. The van der Waals surface area contributed by atoms with E-state index in [1.807, 2.05) is 18.2 Å². The number of hydrogen-bond donors (Lipinski definition) is 2. The van der Waals surface area contributed by atoms with Crippen molar-refractivity contribution in [2.24, 2.45) is 5.73 Å². The van der Waals surface area contributed by atoms with Crippen molar-refractivity contribution in [3.63, 3.8) is 0 Å². The lowest BCUT2D eigenvalue weighted by atomic mass is 10.0. The van der Waals surface area contributed by atoms with E-state index in [4.69, 9.17) is 10.5 Å². The van der Waals surface area contributed by atoms with E-state index in [0.717, 1.165) is 21.0 Å². The first-order valence-electron chi connectivity index (χ1n) is 5.40. The number of ether oxygens (including phenoxy) is 1. The number of hydrogen-bond acceptors (Lipinski definition) is 5. The van der Waals surface area contributed by atoms with Crippen LogP contribution in [0.2, 0.25) is 0 Å². The molecule has 2 aromatic rings. The second-order valence-corrected chi connectivity index (χ2v) is 5.43. The van der Waals surface area contributed by atoms with Crippen LogP contribution in [0.5, 0.6) is 5.75 Å². The molecule has 4 nitrogen and oxygen atoms in total. The molecule has 3 N–H and O–H groups in total. The van der Waals surface area contributed by atoms with Crippen molar-refractivity contribution in [3.8, 4) is 5.75 Å². The lowest BCUT2D eigenvalue weighted by Gasteiger charge is -2.18. The minimum Gasteiger partial charge on any atom is -0.497 e. The molecule has 1 aromatic heterocycles. The summed E-state index contributed by atoms with van der Waals surface area (Å²) in [5.74, 6) is 0.818. The number of aliphatic hydroxyl groups is 1. The van der Waals surface area contributed by atoms with Crippen molar-refractivity contribution >= 4 is 21.6 Å². The topological polar surface area (TPSA) is 68.4 Å². The van der Waals surface area contributed by atoms with Gasteiger partial charge in [0.25, 0.3) is 0 Å². The van der Waals surface area contributed by atoms with E-state index in [9.17, 15) is 5.11 Å². The summed E-state index contributed by atoms with van der Waals surface area (Å²) in [4.78, 5) is 4.47. The molecule has 1 unspecified atom stereocenters. The predicted octanol–water partition coefficient (Wildman–Crippen LogP) is 1.56. The van der Waals surface area contributed by atoms with Crippen LogP contribution in [0.1, 0.15) is 11.9 Å². The molecule has 5 heteroatoms. The fraction of sp³-hybridized carbons (Fsp3) is 0.417. The Morgan fingerprint density at radius 1 is 1.53 bits per heavy atom. The number of thiazole rings is 1. The average Bonchev–Trinajstić information content (AvgIpc) is 2.68. The Hall–Kier alpha value is -1.17. The highest BCUT2D eigenvalue weighted by Gasteiger charge is 2.20. The number of aromatic nitrogens is 1. The monoisotopic (exact) mass is 252 g/mol. The van der Waals surface area contributed by atoms with E-state index in [1.165, 1.54) is 0 Å². The van der Waals surface area contributed by atoms with Crippen molar-refractivity contribution in [3.05, 3.63) is 23.2 Å². The van der Waals surface area contributed by atoms with E-state index < -0.39 is 5.60 Å². The molecule has 2 rings (SSSR count). The van der Waals surface area contributed by atoms with Gasteiger partial charge in [0, 0.05) is 13.0 Å². The molecular weight excluding hydrogens is 236 g/mol. The van der Waals surface area contributed by atoms with Crippen LogP contribution in [0.15, 0.2) is 18.2 Å². The standard InChI is InChI=1S/C12H16N2O2S/c1-12(15,7-13)6-11-14-9-4-3-8(16-2)5-10(9)17-11/h3-5,15H,6-7,13H2,1-2H3. The molecule has 0 spiro atoms. The van der Waals surface area contributed by atoms with Crippen LogP contribution in [-0.2, 0) is 6.42 Å². The third kappa shape index (κ3) is 2.74. The number of benzene rings is 1. The Morgan fingerprint density at radius 2 is 2.29 bits per heavy atom. The lowest BCUT2D eigenvalue weighted by molar-refractivity contribution is 0.0696. The maximum atomic E-state index is 9.92. The average molecular weight is 252 g/mol. The second-order valence-electron chi connectivity index (χ2n) is 4.32. The van der Waals surface area contributed by atoms with Crippen LogP contribution in [-0.4, -0.2) is 29.3 Å². The van der Waals surface area contributed by atoms with Gasteiger partial charge in [-0.25, -0.2) is 4.98 Å². The van der Waals surface area contributed by atoms with E-state index >= 15 is 0 Å². The zero-order chi connectivity index (χ0) is 12.5. The molecule has 0 bridgehead atoms. The van der Waals surface area contributed by atoms with Gasteiger partial charge in [-0.15, -0.1) is 11.3 Å². The highest BCUT2D eigenvalue weighted by atomic mass is 32.1. The molecule has 0 aliphatic rings. The summed E-state index contributed by atoms with van der Waals surface area (Å²) in [6.07, 6.45) is 0.477. The zero-order valence-electron chi connectivity index (χ0n) is 9.93. The van der Waals surface area contributed by atoms with Crippen LogP contribution < -0.4 is 10.5 Å². The quantitative estimate of drug-likeness (QED) is 0.866. The lowest BCUT2D eigenvalue weighted by Crippen LogP contribution is -2.36. The molecule has 0 aliphatic carbocycles. The van der Waals surface area contributed by atoms with Gasteiger partial charge in [0.2, 0.25) is 0 Å². The summed E-state index contributed by atoms with van der Waals surface area (Å²) in [7, 11) is 1.64. The van der Waals surface area contributed by atoms with Crippen molar-refractivity contribution in [2.75, 3.05) is 13.7 Å². The summed E-state index contributed by atoms with van der Waals surface area (Å²) in [5, 5.41) is 10.8. The highest BCUT2D eigenvalue weighted by molar-refractivity contribution is 7.18. The van der Waals surface area contributed by atoms with Crippen molar-refractivity contribution in [2.45, 2.75) is 18.9 Å². The van der Waals surface area contributed by atoms with Gasteiger partial charge in [-0.2, -0.15) is 0 Å². The summed E-state index contributed by atoms with van der Waals surface area (Å²) in [5.41, 5.74) is 5.54. The van der Waals surface area contributed by atoms with Crippen LogP contribution >= 0.6 is 11.3 Å². The molecular formula is C12H16N2O2S. The molecule has 0 amide bonds. The second kappa shape index (κ2) is 4.60. The molecule has 0 saturated heterocycles. The van der Waals surface area contributed by atoms with Gasteiger partial charge in [-0.05, 0) is 25.1 Å². The number of methoxy groups -OCH3 is 1. The fourth-order valence-electron chi connectivity index (χ4n) is 1.55. The first-order chi connectivity index (χ1) is 8.04. The third-order valence-corrected chi connectivity index (χ3v) is 3.63. The van der Waals surface area contributed by atoms with Gasteiger partial charge < -0.3 is 15.6 Å². The number of nitrogens with two attached hydrogens (primary N) is 1. The summed E-state index contributed by atoms with van der Waals surface area (Å²) < 4.78 is 6.23.